The molecule has 366 valence electrons. The molecule has 2 heterocycles. The van der Waals surface area contributed by atoms with Crippen molar-refractivity contribution in [3.05, 3.63) is 102 Å². The van der Waals surface area contributed by atoms with Gasteiger partial charge in [0.1, 0.15) is 17.8 Å². The van der Waals surface area contributed by atoms with Crippen LogP contribution >= 0.6 is 12.6 Å². The molecule has 0 saturated carbocycles. The fraction of sp³-hybridized carbons (Fsp3) is 0.471. The van der Waals surface area contributed by atoms with E-state index in [9.17, 15) is 43.8 Å². The molecular formula is C51H67N7O9S. The Kier molecular flexibility index (Phi) is 20.6. The summed E-state index contributed by atoms with van der Waals surface area (Å²) < 4.78 is 0. The normalized spacial score (nSPS) is 21.9. The molecule has 1 aromatic heterocycles. The van der Waals surface area contributed by atoms with Gasteiger partial charge in [0.15, 0.2) is 11.6 Å². The standard InChI is InChI=1S/C51H67N7O9S/c1-32(59)47-50(66)56-42(27-33-12-4-3-5-13-33)51(67)58(2)43(17-9-11-24-53-46(63)22-25-68)45(62)30-36(26-34-18-20-38(60)21-19-34)49(65)55-41(28-37-31-54-40-16-7-6-15-39(37)40)44(61)29-35(48(64)57-47)14-8-10-23-52/h3-7,12-13,15-16,18-21,31-32,35-36,41-43,47,54,59-60,68H,8-11,14,17,22-30,52H2,1-2H3,(H,53,63)(H,55,65)(H,56,66)(H,57,64)/t32-,35-,36-,41-,42?,43+,47+/m1/s1. The number of rotatable bonds is 18. The summed E-state index contributed by atoms with van der Waals surface area (Å²) in [7, 11) is 1.46. The number of benzene rings is 3. The lowest BCUT2D eigenvalue weighted by molar-refractivity contribution is -0.143. The van der Waals surface area contributed by atoms with E-state index in [1.165, 1.54) is 31.0 Å². The Morgan fingerprint density at radius 3 is 2.12 bits per heavy atom. The number of aliphatic hydroxyl groups excluding tert-OH is 1. The first kappa shape index (κ1) is 52.9. The summed E-state index contributed by atoms with van der Waals surface area (Å²) in [6, 6.07) is 17.6. The van der Waals surface area contributed by atoms with E-state index < -0.39 is 77.3 Å². The molecule has 1 unspecified atom stereocenters. The number of phenolic OH excluding ortho intramolecular Hbond substituents is 1. The first-order valence-electron chi connectivity index (χ1n) is 23.5. The lowest BCUT2D eigenvalue weighted by atomic mass is 9.87. The lowest BCUT2D eigenvalue weighted by Gasteiger charge is -2.33. The highest BCUT2D eigenvalue weighted by Gasteiger charge is 2.38. The van der Waals surface area contributed by atoms with Crippen molar-refractivity contribution in [1.82, 2.24) is 31.2 Å². The van der Waals surface area contributed by atoms with Crippen molar-refractivity contribution < 1.29 is 43.8 Å². The van der Waals surface area contributed by atoms with E-state index in [-0.39, 0.29) is 63.0 Å². The average molecular weight is 954 g/mol. The number of unbranched alkanes of at least 4 members (excludes halogenated alkanes) is 2. The number of aliphatic hydroxyl groups is 1. The van der Waals surface area contributed by atoms with Crippen molar-refractivity contribution in [2.75, 3.05) is 25.9 Å². The van der Waals surface area contributed by atoms with Crippen LogP contribution in [-0.4, -0.2) is 117 Å². The van der Waals surface area contributed by atoms with Crippen LogP contribution in [0, 0.1) is 11.8 Å². The summed E-state index contributed by atoms with van der Waals surface area (Å²) in [4.78, 5) is 105. The molecule has 4 aromatic rings. The van der Waals surface area contributed by atoms with E-state index in [0.717, 1.165) is 16.5 Å². The highest BCUT2D eigenvalue weighted by atomic mass is 32.1. The molecule has 16 nitrogen and oxygen atoms in total. The van der Waals surface area contributed by atoms with E-state index in [0.29, 0.717) is 55.7 Å². The summed E-state index contributed by atoms with van der Waals surface area (Å²) in [6.45, 7) is 1.99. The number of hydrogen-bond donors (Lipinski definition) is 9. The summed E-state index contributed by atoms with van der Waals surface area (Å²) in [5, 5.41) is 33.2. The van der Waals surface area contributed by atoms with Crippen molar-refractivity contribution in [2.45, 2.75) is 114 Å². The minimum Gasteiger partial charge on any atom is -0.508 e. The SMILES string of the molecule is C[C@@H](O)[C@@H]1NC(=O)[C@H](CCCCN)CC(=O)[C@@H](Cc2c[nH]c3ccccc23)NC(=O)[C@H](Cc2ccc(O)cc2)CC(=O)[C@H](CCCCNC(=O)CCS)N(C)C(=O)C(Cc2ccccc2)NC1=O. The van der Waals surface area contributed by atoms with Crippen molar-refractivity contribution in [3.8, 4) is 5.75 Å². The first-order valence-corrected chi connectivity index (χ1v) is 24.2. The second-order valence-corrected chi connectivity index (χ2v) is 18.2. The fourth-order valence-corrected chi connectivity index (χ4v) is 8.90. The van der Waals surface area contributed by atoms with Gasteiger partial charge in [-0.15, -0.1) is 0 Å². The van der Waals surface area contributed by atoms with Crippen LogP contribution in [0.1, 0.15) is 81.4 Å². The summed E-state index contributed by atoms with van der Waals surface area (Å²) in [5.74, 6) is -5.48. The zero-order valence-corrected chi connectivity index (χ0v) is 39.8. The summed E-state index contributed by atoms with van der Waals surface area (Å²) >= 11 is 4.12. The van der Waals surface area contributed by atoms with Crippen LogP contribution in [0.3, 0.4) is 0 Å². The number of aromatic nitrogens is 1. The molecular weight excluding hydrogens is 887 g/mol. The van der Waals surface area contributed by atoms with E-state index in [1.807, 2.05) is 24.3 Å². The van der Waals surface area contributed by atoms with Crippen molar-refractivity contribution in [2.24, 2.45) is 17.6 Å². The van der Waals surface area contributed by atoms with Gasteiger partial charge in [0, 0.05) is 74.6 Å². The lowest BCUT2D eigenvalue weighted by Crippen LogP contribution is -2.59. The first-order chi connectivity index (χ1) is 32.7. The smallest absolute Gasteiger partial charge is 0.245 e. The molecule has 0 radical (unpaired) electrons. The third-order valence-electron chi connectivity index (χ3n) is 12.6. The number of nitrogens with one attached hydrogen (secondary N) is 5. The number of fused-ring (bicyclic) bond motifs is 1. The van der Waals surface area contributed by atoms with Crippen molar-refractivity contribution >= 4 is 64.6 Å². The number of Topliss-reactive ketones (excluding diaryl/α,β-unsaturated/α-hetero) is 2. The van der Waals surface area contributed by atoms with E-state index in [4.69, 9.17) is 5.73 Å². The predicted octanol–water partition coefficient (Wildman–Crippen LogP) is 3.46. The van der Waals surface area contributed by atoms with Crippen LogP contribution in [0.2, 0.25) is 0 Å². The Morgan fingerprint density at radius 1 is 0.765 bits per heavy atom. The Labute approximate surface area is 403 Å². The van der Waals surface area contributed by atoms with Crippen LogP contribution in [0.4, 0.5) is 0 Å². The molecule has 68 heavy (non-hydrogen) atoms. The van der Waals surface area contributed by atoms with Crippen LogP contribution < -0.4 is 27.0 Å². The Morgan fingerprint density at radius 2 is 1.41 bits per heavy atom. The van der Waals surface area contributed by atoms with Crippen LogP contribution in [0.25, 0.3) is 10.9 Å². The molecule has 0 bridgehead atoms. The number of likely N-dealkylation sites (N-methyl/N-ethyl adjacent to an activating group) is 1. The van der Waals surface area contributed by atoms with Crippen molar-refractivity contribution in [1.29, 1.82) is 0 Å². The largest absolute Gasteiger partial charge is 0.508 e. The third-order valence-corrected chi connectivity index (χ3v) is 12.8. The minimum absolute atomic E-state index is 0.00572. The van der Waals surface area contributed by atoms with E-state index >= 15 is 0 Å². The highest BCUT2D eigenvalue weighted by molar-refractivity contribution is 7.80. The van der Waals surface area contributed by atoms with Gasteiger partial charge < -0.3 is 47.1 Å². The number of carbonyl (C=O) groups excluding carboxylic acids is 7. The van der Waals surface area contributed by atoms with E-state index in [1.54, 1.807) is 48.7 Å². The molecule has 17 heteroatoms. The predicted molar refractivity (Wildman–Crippen MR) is 262 cm³/mol. The molecule has 5 amide bonds. The summed E-state index contributed by atoms with van der Waals surface area (Å²) in [6.07, 6.45) is 2.16. The minimum atomic E-state index is -1.54. The number of hydrogen-bond acceptors (Lipinski definition) is 11. The average Bonchev–Trinajstić information content (AvgIpc) is 3.73. The Bertz CT molecular complexity index is 2320. The number of phenols is 1. The molecule has 9 N–H and O–H groups in total. The number of aromatic hydroxyl groups is 1. The fourth-order valence-electron chi connectivity index (χ4n) is 8.69. The van der Waals surface area contributed by atoms with Gasteiger partial charge in [-0.05, 0) is 92.6 Å². The number of H-pyrrole nitrogens is 1. The third kappa shape index (κ3) is 15.5. The monoisotopic (exact) mass is 953 g/mol. The van der Waals surface area contributed by atoms with Gasteiger partial charge in [0.25, 0.3) is 0 Å². The molecule has 7 atom stereocenters. The molecule has 1 fully saturated rings. The van der Waals surface area contributed by atoms with Crippen LogP contribution in [-0.2, 0) is 52.8 Å². The van der Waals surface area contributed by atoms with E-state index in [2.05, 4.69) is 38.9 Å². The molecule has 0 spiro atoms. The number of aromatic amines is 1. The number of nitrogens with two attached hydrogens (primary N) is 1. The second-order valence-electron chi connectivity index (χ2n) is 17.8. The Hall–Kier alpha value is -6.04. The highest BCUT2D eigenvalue weighted by Crippen LogP contribution is 2.25. The van der Waals surface area contributed by atoms with Crippen LogP contribution in [0.15, 0.2) is 85.1 Å². The zero-order chi connectivity index (χ0) is 49.2. The number of carbonyl (C=O) groups is 7. The van der Waals surface area contributed by atoms with Gasteiger partial charge in [0.2, 0.25) is 29.5 Å². The maximum atomic E-state index is 14.9. The molecule has 3 aromatic carbocycles. The zero-order valence-electron chi connectivity index (χ0n) is 39.0. The number of ketones is 2. The second kappa shape index (κ2) is 26.5. The van der Waals surface area contributed by atoms with Gasteiger partial charge in [0.05, 0.1) is 18.2 Å². The van der Waals surface area contributed by atoms with Gasteiger partial charge in [-0.2, -0.15) is 12.6 Å². The van der Waals surface area contributed by atoms with Gasteiger partial charge in [-0.25, -0.2) is 0 Å². The van der Waals surface area contributed by atoms with Crippen LogP contribution in [0.5, 0.6) is 5.75 Å². The Balaban J connectivity index is 1.60. The van der Waals surface area contributed by atoms with Crippen molar-refractivity contribution in [3.63, 3.8) is 0 Å². The number of thiol groups is 1. The molecule has 1 aliphatic heterocycles. The summed E-state index contributed by atoms with van der Waals surface area (Å²) in [5.41, 5.74) is 8.68. The van der Waals surface area contributed by atoms with Gasteiger partial charge >= 0.3 is 0 Å². The quantitative estimate of drug-likeness (QED) is 0.0519. The molecule has 0 aliphatic carbocycles. The molecule has 1 saturated heterocycles. The number of amides is 5. The maximum absolute atomic E-state index is 14.9. The number of para-hydroxylation sites is 1. The number of nitrogens with zero attached hydrogens (tertiary/aromatic N) is 1. The molecule has 1 aliphatic rings. The molecule has 5 rings (SSSR count). The van der Waals surface area contributed by atoms with Gasteiger partial charge in [-0.3, -0.25) is 33.6 Å². The maximum Gasteiger partial charge on any atom is 0.245 e. The topological polar surface area (TPSA) is 253 Å². The van der Waals surface area contributed by atoms with Gasteiger partial charge in [-0.1, -0.05) is 67.1 Å².